The Kier molecular flexibility index (Phi) is 6.81. The van der Waals surface area contributed by atoms with Crippen LogP contribution in [0.3, 0.4) is 0 Å². The molecule has 0 unspecified atom stereocenters. The second-order valence-electron chi connectivity index (χ2n) is 7.59. The third-order valence-corrected chi connectivity index (χ3v) is 6.03. The highest BCUT2D eigenvalue weighted by Gasteiger charge is 2.27. The highest BCUT2D eigenvalue weighted by Crippen LogP contribution is 2.25. The number of anilines is 2. The molecule has 0 aliphatic carbocycles. The van der Waals surface area contributed by atoms with Crippen molar-refractivity contribution in [1.29, 1.82) is 0 Å². The third-order valence-electron chi connectivity index (χ3n) is 5.29. The molecule has 0 spiro atoms. The lowest BCUT2D eigenvalue weighted by Crippen LogP contribution is -2.49. The Hall–Kier alpha value is -3.16. The summed E-state index contributed by atoms with van der Waals surface area (Å²) in [7, 11) is 0. The quantitative estimate of drug-likeness (QED) is 0.453. The highest BCUT2D eigenvalue weighted by atomic mass is 35.5. The molecule has 3 aromatic rings. The third kappa shape index (κ3) is 5.26. The Morgan fingerprint density at radius 2 is 1.67 bits per heavy atom. The van der Waals surface area contributed by atoms with Gasteiger partial charge in [-0.3, -0.25) is 9.69 Å². The fourth-order valence-electron chi connectivity index (χ4n) is 3.59. The van der Waals surface area contributed by atoms with Gasteiger partial charge in [-0.05, 0) is 66.6 Å². The number of carbonyl (C=O) groups is 2. The minimum Gasteiger partial charge on any atom is -0.322 e. The first-order chi connectivity index (χ1) is 15.8. The van der Waals surface area contributed by atoms with Gasteiger partial charge in [0.1, 0.15) is 0 Å². The number of amides is 3. The van der Waals surface area contributed by atoms with Gasteiger partial charge in [0.05, 0.1) is 10.0 Å². The molecule has 1 heterocycles. The maximum Gasteiger partial charge on any atom is 0.324 e. The Morgan fingerprint density at radius 1 is 0.909 bits per heavy atom. The van der Waals surface area contributed by atoms with Gasteiger partial charge in [-0.1, -0.05) is 29.3 Å². The molecule has 170 valence electrons. The van der Waals surface area contributed by atoms with Gasteiger partial charge in [0.2, 0.25) is 0 Å². The molecule has 1 saturated heterocycles. The van der Waals surface area contributed by atoms with E-state index in [0.717, 1.165) is 18.6 Å². The molecule has 0 atom stereocenters. The van der Waals surface area contributed by atoms with E-state index in [-0.39, 0.29) is 23.5 Å². The number of carbonyl (C=O) groups excluding carboxylic acids is 2. The SMILES string of the molecule is O=C(Nc1ccc(N2CCCN(Cc3ccc(F)c(F)c3)C2=O)cc1)c1ccc(Cl)c(Cl)c1. The molecule has 1 aliphatic heterocycles. The summed E-state index contributed by atoms with van der Waals surface area (Å²) in [5.41, 5.74) is 2.11. The summed E-state index contributed by atoms with van der Waals surface area (Å²) >= 11 is 11.9. The van der Waals surface area contributed by atoms with Crippen LogP contribution in [0.25, 0.3) is 0 Å². The number of hydrogen-bond acceptors (Lipinski definition) is 2. The van der Waals surface area contributed by atoms with Crippen LogP contribution in [0, 0.1) is 11.6 Å². The summed E-state index contributed by atoms with van der Waals surface area (Å²) in [6, 6.07) is 14.9. The molecule has 33 heavy (non-hydrogen) atoms. The van der Waals surface area contributed by atoms with E-state index < -0.39 is 11.6 Å². The number of hydrogen-bond donors (Lipinski definition) is 1. The van der Waals surface area contributed by atoms with E-state index in [1.54, 1.807) is 46.2 Å². The Morgan fingerprint density at radius 3 is 2.36 bits per heavy atom. The van der Waals surface area contributed by atoms with Crippen LogP contribution in [0.5, 0.6) is 0 Å². The van der Waals surface area contributed by atoms with E-state index in [2.05, 4.69) is 5.32 Å². The van der Waals surface area contributed by atoms with E-state index >= 15 is 0 Å². The largest absolute Gasteiger partial charge is 0.324 e. The first kappa shape index (κ1) is 23.0. The Bertz CT molecular complexity index is 1200. The molecule has 9 heteroatoms. The first-order valence-corrected chi connectivity index (χ1v) is 10.9. The van der Waals surface area contributed by atoms with Crippen molar-refractivity contribution in [2.24, 2.45) is 0 Å². The van der Waals surface area contributed by atoms with E-state index in [0.29, 0.717) is 40.6 Å². The van der Waals surface area contributed by atoms with E-state index in [9.17, 15) is 18.4 Å². The molecule has 0 radical (unpaired) electrons. The zero-order valence-electron chi connectivity index (χ0n) is 17.3. The van der Waals surface area contributed by atoms with Crippen molar-refractivity contribution in [2.75, 3.05) is 23.3 Å². The number of nitrogens with one attached hydrogen (secondary N) is 1. The topological polar surface area (TPSA) is 52.7 Å². The monoisotopic (exact) mass is 489 g/mol. The molecule has 0 saturated carbocycles. The normalized spacial score (nSPS) is 13.9. The van der Waals surface area contributed by atoms with E-state index in [4.69, 9.17) is 23.2 Å². The summed E-state index contributed by atoms with van der Waals surface area (Å²) in [6.07, 6.45) is 0.727. The second kappa shape index (κ2) is 9.77. The number of benzene rings is 3. The average molecular weight is 490 g/mol. The smallest absolute Gasteiger partial charge is 0.322 e. The number of halogens is 4. The number of rotatable bonds is 5. The molecular weight excluding hydrogens is 471 g/mol. The maximum atomic E-state index is 13.5. The lowest BCUT2D eigenvalue weighted by atomic mass is 10.1. The summed E-state index contributed by atoms with van der Waals surface area (Å²) < 4.78 is 26.7. The summed E-state index contributed by atoms with van der Waals surface area (Å²) in [5, 5.41) is 3.43. The van der Waals surface area contributed by atoms with E-state index in [1.165, 1.54) is 12.1 Å². The zero-order valence-corrected chi connectivity index (χ0v) is 18.8. The van der Waals surface area contributed by atoms with Crippen LogP contribution in [0.2, 0.25) is 10.0 Å². The Labute approximate surface area is 199 Å². The van der Waals surface area contributed by atoms with E-state index in [1.807, 2.05) is 0 Å². The van der Waals surface area contributed by atoms with Crippen molar-refractivity contribution in [3.8, 4) is 0 Å². The molecule has 1 fully saturated rings. The molecular formula is C24H19Cl2F2N3O2. The van der Waals surface area contributed by atoms with Crippen LogP contribution in [0.1, 0.15) is 22.3 Å². The summed E-state index contributed by atoms with van der Waals surface area (Å²) in [6.45, 7) is 1.23. The molecule has 4 rings (SSSR count). The van der Waals surface area contributed by atoms with Crippen molar-refractivity contribution >= 4 is 46.5 Å². The van der Waals surface area contributed by atoms with Crippen LogP contribution in [-0.2, 0) is 6.54 Å². The lowest BCUT2D eigenvalue weighted by Gasteiger charge is -2.35. The standard InChI is InChI=1S/C24H19Cl2F2N3O2/c25-19-8-3-16(13-20(19)26)23(32)29-17-4-6-18(7-5-17)31-11-1-10-30(24(31)33)14-15-2-9-21(27)22(28)12-15/h2-9,12-13H,1,10-11,14H2,(H,29,32). The van der Waals surface area contributed by atoms with Gasteiger partial charge in [-0.2, -0.15) is 0 Å². The lowest BCUT2D eigenvalue weighted by molar-refractivity contribution is 0.102. The number of urea groups is 1. The van der Waals surface area contributed by atoms with Crippen molar-refractivity contribution in [3.63, 3.8) is 0 Å². The minimum atomic E-state index is -0.938. The maximum absolute atomic E-state index is 13.5. The fourth-order valence-corrected chi connectivity index (χ4v) is 3.89. The van der Waals surface area contributed by atoms with Gasteiger partial charge in [0.15, 0.2) is 11.6 Å². The highest BCUT2D eigenvalue weighted by molar-refractivity contribution is 6.42. The minimum absolute atomic E-state index is 0.185. The van der Waals surface area contributed by atoms with Crippen molar-refractivity contribution in [2.45, 2.75) is 13.0 Å². The molecule has 0 aromatic heterocycles. The molecule has 5 nitrogen and oxygen atoms in total. The molecule has 0 bridgehead atoms. The van der Waals surface area contributed by atoms with Crippen molar-refractivity contribution < 1.29 is 18.4 Å². The van der Waals surface area contributed by atoms with Crippen molar-refractivity contribution in [3.05, 3.63) is 93.5 Å². The van der Waals surface area contributed by atoms with Crippen molar-refractivity contribution in [1.82, 2.24) is 4.90 Å². The van der Waals surface area contributed by atoms with Gasteiger partial charge in [0, 0.05) is 36.6 Å². The van der Waals surface area contributed by atoms with Crippen LogP contribution < -0.4 is 10.2 Å². The molecule has 1 aliphatic rings. The summed E-state index contributed by atoms with van der Waals surface area (Å²) in [4.78, 5) is 28.6. The van der Waals surface area contributed by atoms with Gasteiger partial charge in [-0.15, -0.1) is 0 Å². The predicted molar refractivity (Wildman–Crippen MR) is 125 cm³/mol. The van der Waals surface area contributed by atoms with Crippen LogP contribution in [-0.4, -0.2) is 29.9 Å². The van der Waals surface area contributed by atoms with Gasteiger partial charge in [0.25, 0.3) is 5.91 Å². The van der Waals surface area contributed by atoms with Crippen LogP contribution >= 0.6 is 23.2 Å². The fraction of sp³-hybridized carbons (Fsp3) is 0.167. The van der Waals surface area contributed by atoms with Crippen LogP contribution in [0.4, 0.5) is 25.0 Å². The van der Waals surface area contributed by atoms with Gasteiger partial charge < -0.3 is 10.2 Å². The molecule has 3 amide bonds. The molecule has 1 N–H and O–H groups in total. The first-order valence-electron chi connectivity index (χ1n) is 10.2. The van der Waals surface area contributed by atoms with Gasteiger partial charge >= 0.3 is 6.03 Å². The van der Waals surface area contributed by atoms with Gasteiger partial charge in [-0.25, -0.2) is 13.6 Å². The second-order valence-corrected chi connectivity index (χ2v) is 8.40. The zero-order chi connectivity index (χ0) is 23.5. The average Bonchev–Trinajstić information content (AvgIpc) is 2.80. The van der Waals surface area contributed by atoms with Crippen LogP contribution in [0.15, 0.2) is 60.7 Å². The Balaban J connectivity index is 1.43. The molecule has 3 aromatic carbocycles. The predicted octanol–water partition coefficient (Wildman–Crippen LogP) is 6.36. The number of nitrogens with zero attached hydrogens (tertiary/aromatic N) is 2. The summed E-state index contributed by atoms with van der Waals surface area (Å²) in [5.74, 6) is -2.20.